The molecule has 0 saturated carbocycles. The number of allylic oxidation sites excluding steroid dienone is 12. The highest BCUT2D eigenvalue weighted by Crippen LogP contribution is 2.16. The van der Waals surface area contributed by atoms with Gasteiger partial charge < -0.3 is 14.2 Å². The van der Waals surface area contributed by atoms with Crippen LogP contribution < -0.4 is 0 Å². The predicted octanol–water partition coefficient (Wildman–Crippen LogP) is 21.3. The lowest BCUT2D eigenvalue weighted by atomic mass is 10.0. The van der Waals surface area contributed by atoms with Crippen molar-refractivity contribution < 1.29 is 28.6 Å². The number of esters is 3. The van der Waals surface area contributed by atoms with Gasteiger partial charge in [0.25, 0.3) is 0 Å². The van der Waals surface area contributed by atoms with E-state index in [1.54, 1.807) is 0 Å². The molecule has 0 aromatic rings. The van der Waals surface area contributed by atoms with Crippen molar-refractivity contribution in [3.05, 3.63) is 72.9 Å². The average Bonchev–Trinajstić information content (AvgIpc) is 3.39. The Morgan fingerprint density at radius 2 is 0.534 bits per heavy atom. The number of rotatable bonds is 57. The molecule has 0 aliphatic heterocycles. The Bertz CT molecular complexity index is 1360. The highest BCUT2D eigenvalue weighted by atomic mass is 16.6. The second-order valence-electron chi connectivity index (χ2n) is 20.9. The van der Waals surface area contributed by atoms with Crippen LogP contribution in [0, 0.1) is 0 Å². The zero-order chi connectivity index (χ0) is 52.9. The van der Waals surface area contributed by atoms with E-state index < -0.39 is 6.10 Å². The van der Waals surface area contributed by atoms with Gasteiger partial charge in [-0.2, -0.15) is 0 Å². The lowest BCUT2D eigenvalue weighted by Gasteiger charge is -2.18. The largest absolute Gasteiger partial charge is 0.462 e. The van der Waals surface area contributed by atoms with Crippen LogP contribution in [0.4, 0.5) is 0 Å². The highest BCUT2D eigenvalue weighted by Gasteiger charge is 2.19. The normalized spacial score (nSPS) is 12.5. The summed E-state index contributed by atoms with van der Waals surface area (Å²) in [6.45, 7) is 6.53. The Morgan fingerprint density at radius 3 is 0.849 bits per heavy atom. The van der Waals surface area contributed by atoms with E-state index in [0.29, 0.717) is 19.3 Å². The maximum atomic E-state index is 12.9. The molecule has 6 nitrogen and oxygen atoms in total. The molecule has 6 heteroatoms. The van der Waals surface area contributed by atoms with Gasteiger partial charge in [-0.15, -0.1) is 0 Å². The zero-order valence-electron chi connectivity index (χ0n) is 48.4. The SMILES string of the molecule is CC/C=C\C/C=C\C/C=C\C/C=C\CCCCCCC(=O)O[C@@H](COC(=O)CCCCCCCCC/C=C\CCCCCCCC)COC(=O)CCCCCCCCCCCCC/C=C\CCCCCCCC. The second kappa shape index (κ2) is 61.4. The third kappa shape index (κ3) is 59.6. The summed E-state index contributed by atoms with van der Waals surface area (Å²) in [5.41, 5.74) is 0. The van der Waals surface area contributed by atoms with Gasteiger partial charge in [-0.3, -0.25) is 14.4 Å². The molecule has 1 atom stereocenters. The third-order valence-electron chi connectivity index (χ3n) is 13.7. The van der Waals surface area contributed by atoms with Gasteiger partial charge in [-0.1, -0.05) is 261 Å². The van der Waals surface area contributed by atoms with Gasteiger partial charge in [0.1, 0.15) is 13.2 Å². The molecule has 0 amide bonds. The molecule has 0 N–H and O–H groups in total. The van der Waals surface area contributed by atoms with Crippen LogP contribution in [0.1, 0.15) is 316 Å². The van der Waals surface area contributed by atoms with Gasteiger partial charge in [-0.25, -0.2) is 0 Å². The molecule has 0 aromatic carbocycles. The van der Waals surface area contributed by atoms with E-state index >= 15 is 0 Å². The van der Waals surface area contributed by atoms with Crippen molar-refractivity contribution in [2.24, 2.45) is 0 Å². The summed E-state index contributed by atoms with van der Waals surface area (Å²) in [6, 6.07) is 0. The van der Waals surface area contributed by atoms with Gasteiger partial charge in [0.05, 0.1) is 0 Å². The van der Waals surface area contributed by atoms with E-state index in [1.165, 1.54) is 180 Å². The first-order valence-electron chi connectivity index (χ1n) is 31.4. The Morgan fingerprint density at radius 1 is 0.288 bits per heavy atom. The molecular weight excluding hydrogens is 901 g/mol. The van der Waals surface area contributed by atoms with Gasteiger partial charge in [-0.05, 0) is 109 Å². The van der Waals surface area contributed by atoms with E-state index in [0.717, 1.165) is 96.3 Å². The first-order valence-corrected chi connectivity index (χ1v) is 31.4. The lowest BCUT2D eigenvalue weighted by molar-refractivity contribution is -0.167. The fraction of sp³-hybridized carbons (Fsp3) is 0.776. The maximum absolute atomic E-state index is 12.9. The van der Waals surface area contributed by atoms with E-state index in [4.69, 9.17) is 14.2 Å². The summed E-state index contributed by atoms with van der Waals surface area (Å²) in [6.07, 6.45) is 79.0. The van der Waals surface area contributed by atoms with Crippen LogP contribution in [0.15, 0.2) is 72.9 Å². The molecular formula is C67H118O6. The van der Waals surface area contributed by atoms with Gasteiger partial charge in [0.2, 0.25) is 0 Å². The van der Waals surface area contributed by atoms with Crippen LogP contribution in [-0.4, -0.2) is 37.2 Å². The van der Waals surface area contributed by atoms with E-state index in [-0.39, 0.29) is 31.1 Å². The van der Waals surface area contributed by atoms with Crippen LogP contribution in [0.5, 0.6) is 0 Å². The van der Waals surface area contributed by atoms with Gasteiger partial charge >= 0.3 is 17.9 Å². The van der Waals surface area contributed by atoms with Crippen molar-refractivity contribution in [2.45, 2.75) is 322 Å². The molecule has 422 valence electrons. The summed E-state index contributed by atoms with van der Waals surface area (Å²) < 4.78 is 16.9. The Labute approximate surface area is 453 Å². The summed E-state index contributed by atoms with van der Waals surface area (Å²) in [5, 5.41) is 0. The van der Waals surface area contributed by atoms with E-state index in [2.05, 4.69) is 93.7 Å². The number of carbonyl (C=O) groups is 3. The van der Waals surface area contributed by atoms with Crippen LogP contribution >= 0.6 is 0 Å². The lowest BCUT2D eigenvalue weighted by Crippen LogP contribution is -2.30. The number of hydrogen-bond donors (Lipinski definition) is 0. The molecule has 73 heavy (non-hydrogen) atoms. The molecule has 0 aliphatic carbocycles. The Balaban J connectivity index is 4.39. The minimum absolute atomic E-state index is 0.0857. The molecule has 0 spiro atoms. The Kier molecular flexibility index (Phi) is 58.7. The van der Waals surface area contributed by atoms with Gasteiger partial charge in [0, 0.05) is 19.3 Å². The van der Waals surface area contributed by atoms with Crippen molar-refractivity contribution in [2.75, 3.05) is 13.2 Å². The average molecular weight is 1020 g/mol. The van der Waals surface area contributed by atoms with Crippen LogP contribution in [0.2, 0.25) is 0 Å². The molecule has 0 heterocycles. The first-order chi connectivity index (χ1) is 36.0. The minimum atomic E-state index is -0.791. The third-order valence-corrected chi connectivity index (χ3v) is 13.7. The van der Waals surface area contributed by atoms with Crippen molar-refractivity contribution in [3.63, 3.8) is 0 Å². The minimum Gasteiger partial charge on any atom is -0.462 e. The highest BCUT2D eigenvalue weighted by molar-refractivity contribution is 5.71. The quantitative estimate of drug-likeness (QED) is 0.0261. The molecule has 0 aliphatic rings. The molecule has 0 radical (unpaired) electrons. The smallest absolute Gasteiger partial charge is 0.306 e. The van der Waals surface area contributed by atoms with Crippen molar-refractivity contribution in [3.8, 4) is 0 Å². The van der Waals surface area contributed by atoms with Crippen LogP contribution in [0.25, 0.3) is 0 Å². The summed E-state index contributed by atoms with van der Waals surface area (Å²) in [5.74, 6) is -0.901. The first kappa shape index (κ1) is 69.8. The Hall–Kier alpha value is -3.15. The summed E-state index contributed by atoms with van der Waals surface area (Å²) in [7, 11) is 0. The topological polar surface area (TPSA) is 78.9 Å². The molecule has 0 aromatic heterocycles. The standard InChI is InChI=1S/C67H118O6/c1-4-7-10-13-16-19-22-25-28-31-32-33-34-37-39-42-45-48-51-54-57-60-66(69)72-63-64(73-67(70)61-58-55-52-49-46-43-40-36-30-27-24-21-18-15-12-9-6-3)62-71-65(68)59-56-53-50-47-44-41-38-35-29-26-23-20-17-14-11-8-5-2/h9,12,18,21,25-30,40,43,64H,4-8,10-11,13-17,19-20,22-24,31-39,41-42,44-63H2,1-3H3/b12-9-,21-18-,28-25-,29-26-,30-27-,43-40-/t64-/m0/s1. The fourth-order valence-electron chi connectivity index (χ4n) is 8.95. The number of carbonyl (C=O) groups excluding carboxylic acids is 3. The summed E-state index contributed by atoms with van der Waals surface area (Å²) >= 11 is 0. The van der Waals surface area contributed by atoms with E-state index in [1.807, 2.05) is 0 Å². The van der Waals surface area contributed by atoms with E-state index in [9.17, 15) is 14.4 Å². The van der Waals surface area contributed by atoms with Crippen LogP contribution in [0.3, 0.4) is 0 Å². The van der Waals surface area contributed by atoms with Crippen LogP contribution in [-0.2, 0) is 28.6 Å². The molecule has 0 fully saturated rings. The van der Waals surface area contributed by atoms with Crippen molar-refractivity contribution in [1.82, 2.24) is 0 Å². The molecule has 0 bridgehead atoms. The van der Waals surface area contributed by atoms with Gasteiger partial charge in [0.15, 0.2) is 6.10 Å². The number of ether oxygens (including phenoxy) is 3. The molecule has 0 rings (SSSR count). The molecule has 0 unspecified atom stereocenters. The maximum Gasteiger partial charge on any atom is 0.306 e. The zero-order valence-corrected chi connectivity index (χ0v) is 48.4. The summed E-state index contributed by atoms with van der Waals surface area (Å²) in [4.78, 5) is 38.3. The second-order valence-corrected chi connectivity index (χ2v) is 20.9. The monoisotopic (exact) mass is 1020 g/mol. The fourth-order valence-corrected chi connectivity index (χ4v) is 8.95. The van der Waals surface area contributed by atoms with Crippen molar-refractivity contribution in [1.29, 1.82) is 0 Å². The number of unbranched alkanes of at least 4 members (excludes halogenated alkanes) is 34. The van der Waals surface area contributed by atoms with Crippen molar-refractivity contribution >= 4 is 17.9 Å². The predicted molar refractivity (Wildman–Crippen MR) is 316 cm³/mol. The number of hydrogen-bond acceptors (Lipinski definition) is 6. The molecule has 0 saturated heterocycles.